The van der Waals surface area contributed by atoms with E-state index in [1.165, 1.54) is 0 Å². The Morgan fingerprint density at radius 3 is 2.49 bits per heavy atom. The molecule has 0 aliphatic carbocycles. The van der Waals surface area contributed by atoms with Gasteiger partial charge < -0.3 is 15.4 Å². The second kappa shape index (κ2) is 9.88. The molecule has 0 atom stereocenters. The standard InChI is InChI=1S/C25H22F3N5O2/c1-3-17-8-4-6-10-20(17)33-23(14-16(2)32-33)35-21-11-7-5-9-19(21)31-24(34)30-18-12-13-22(29-15-18)25(26,27)28/h4-15H,3H2,1-2H3,(H2,30,31,34). The van der Waals surface area contributed by atoms with E-state index in [0.29, 0.717) is 17.3 Å². The molecule has 4 aromatic rings. The number of para-hydroxylation sites is 3. The van der Waals surface area contributed by atoms with Crippen molar-refractivity contribution >= 4 is 17.4 Å². The molecule has 7 nitrogen and oxygen atoms in total. The topological polar surface area (TPSA) is 81.1 Å². The van der Waals surface area contributed by atoms with Gasteiger partial charge in [-0.25, -0.2) is 14.5 Å². The van der Waals surface area contributed by atoms with E-state index in [9.17, 15) is 18.0 Å². The first-order valence-corrected chi connectivity index (χ1v) is 10.8. The summed E-state index contributed by atoms with van der Waals surface area (Å²) < 4.78 is 45.9. The summed E-state index contributed by atoms with van der Waals surface area (Å²) in [5.41, 5.74) is 2.16. The molecule has 180 valence electrons. The van der Waals surface area contributed by atoms with Crippen LogP contribution in [-0.4, -0.2) is 20.8 Å². The highest BCUT2D eigenvalue weighted by atomic mass is 19.4. The fourth-order valence-electron chi connectivity index (χ4n) is 3.43. The van der Waals surface area contributed by atoms with Gasteiger partial charge in [0.2, 0.25) is 5.88 Å². The van der Waals surface area contributed by atoms with Crippen molar-refractivity contribution in [2.24, 2.45) is 0 Å². The first-order chi connectivity index (χ1) is 16.7. The predicted octanol–water partition coefficient (Wildman–Crippen LogP) is 6.59. The smallest absolute Gasteiger partial charge is 0.433 e. The molecule has 0 saturated carbocycles. The number of alkyl halides is 3. The number of rotatable bonds is 6. The first-order valence-electron chi connectivity index (χ1n) is 10.8. The zero-order chi connectivity index (χ0) is 25.0. The van der Waals surface area contributed by atoms with E-state index in [1.54, 1.807) is 35.0 Å². The number of hydrogen-bond acceptors (Lipinski definition) is 4. The quantitative estimate of drug-likeness (QED) is 0.325. The van der Waals surface area contributed by atoms with Crippen LogP contribution in [-0.2, 0) is 12.6 Å². The summed E-state index contributed by atoms with van der Waals surface area (Å²) in [6, 6.07) is 17.7. The van der Waals surface area contributed by atoms with Gasteiger partial charge in [0.05, 0.1) is 29.0 Å². The Kier molecular flexibility index (Phi) is 6.72. The third kappa shape index (κ3) is 5.60. The van der Waals surface area contributed by atoms with Gasteiger partial charge in [-0.3, -0.25) is 0 Å². The van der Waals surface area contributed by atoms with Crippen molar-refractivity contribution in [3.05, 3.63) is 89.9 Å². The molecule has 0 aliphatic heterocycles. The first kappa shape index (κ1) is 23.8. The molecule has 0 spiro atoms. The van der Waals surface area contributed by atoms with E-state index >= 15 is 0 Å². The van der Waals surface area contributed by atoms with Crippen molar-refractivity contribution in [3.8, 4) is 17.3 Å². The fraction of sp³-hybridized carbons (Fsp3) is 0.160. The fourth-order valence-corrected chi connectivity index (χ4v) is 3.43. The van der Waals surface area contributed by atoms with Crippen LogP contribution in [0.5, 0.6) is 11.6 Å². The summed E-state index contributed by atoms with van der Waals surface area (Å²) in [5.74, 6) is 0.827. The maximum atomic E-state index is 12.7. The Bertz CT molecular complexity index is 1330. The molecule has 2 aromatic carbocycles. The number of halogens is 3. The maximum Gasteiger partial charge on any atom is 0.433 e. The van der Waals surface area contributed by atoms with Crippen LogP contribution >= 0.6 is 0 Å². The minimum absolute atomic E-state index is 0.110. The Morgan fingerprint density at radius 1 is 1.03 bits per heavy atom. The number of ether oxygens (including phenoxy) is 1. The second-order valence-corrected chi connectivity index (χ2v) is 7.63. The third-order valence-corrected chi connectivity index (χ3v) is 5.06. The third-order valence-electron chi connectivity index (χ3n) is 5.06. The molecule has 35 heavy (non-hydrogen) atoms. The zero-order valence-electron chi connectivity index (χ0n) is 18.9. The van der Waals surface area contributed by atoms with Crippen LogP contribution in [0.3, 0.4) is 0 Å². The number of urea groups is 1. The molecule has 0 radical (unpaired) electrons. The molecule has 2 N–H and O–H groups in total. The van der Waals surface area contributed by atoms with E-state index in [1.807, 2.05) is 31.2 Å². The van der Waals surface area contributed by atoms with Gasteiger partial charge in [-0.05, 0) is 49.2 Å². The van der Waals surface area contributed by atoms with Gasteiger partial charge in [0.15, 0.2) is 5.75 Å². The van der Waals surface area contributed by atoms with E-state index in [0.717, 1.165) is 41.7 Å². The maximum absolute atomic E-state index is 12.7. The minimum Gasteiger partial charge on any atom is -0.437 e. The summed E-state index contributed by atoms with van der Waals surface area (Å²) in [6.45, 7) is 3.91. The van der Waals surface area contributed by atoms with Crippen molar-refractivity contribution in [1.82, 2.24) is 14.8 Å². The van der Waals surface area contributed by atoms with E-state index in [4.69, 9.17) is 4.74 Å². The molecule has 2 aromatic heterocycles. The largest absolute Gasteiger partial charge is 0.437 e. The van der Waals surface area contributed by atoms with Gasteiger partial charge >= 0.3 is 12.2 Å². The number of pyridine rings is 1. The minimum atomic E-state index is -4.56. The van der Waals surface area contributed by atoms with E-state index in [2.05, 4.69) is 27.6 Å². The van der Waals surface area contributed by atoms with Crippen LogP contribution < -0.4 is 15.4 Å². The summed E-state index contributed by atoms with van der Waals surface area (Å²) in [7, 11) is 0. The van der Waals surface area contributed by atoms with E-state index in [-0.39, 0.29) is 5.69 Å². The van der Waals surface area contributed by atoms with Gasteiger partial charge in [-0.2, -0.15) is 18.3 Å². The molecule has 2 amide bonds. The Balaban J connectivity index is 1.53. The van der Waals surface area contributed by atoms with Gasteiger partial charge in [0.1, 0.15) is 5.69 Å². The molecule has 0 bridgehead atoms. The second-order valence-electron chi connectivity index (χ2n) is 7.63. The lowest BCUT2D eigenvalue weighted by molar-refractivity contribution is -0.141. The van der Waals surface area contributed by atoms with Crippen LogP contribution in [0.1, 0.15) is 23.9 Å². The van der Waals surface area contributed by atoms with Gasteiger partial charge in [0.25, 0.3) is 0 Å². The number of nitrogens with one attached hydrogen (secondary N) is 2. The molecule has 0 fully saturated rings. The monoisotopic (exact) mass is 481 g/mol. The predicted molar refractivity (Wildman–Crippen MR) is 126 cm³/mol. The number of hydrogen-bond donors (Lipinski definition) is 2. The normalized spacial score (nSPS) is 11.2. The highest BCUT2D eigenvalue weighted by Gasteiger charge is 2.32. The van der Waals surface area contributed by atoms with Crippen LogP contribution in [0.2, 0.25) is 0 Å². The van der Waals surface area contributed by atoms with Crippen molar-refractivity contribution in [3.63, 3.8) is 0 Å². The summed E-state index contributed by atoms with van der Waals surface area (Å²) in [6.07, 6.45) is -2.80. The average Bonchev–Trinajstić information content (AvgIpc) is 3.19. The molecule has 0 aliphatic rings. The SMILES string of the molecule is CCc1ccccc1-n1nc(C)cc1Oc1ccccc1NC(=O)Nc1ccc(C(F)(F)F)nc1. The van der Waals surface area contributed by atoms with Crippen LogP contribution in [0.15, 0.2) is 72.9 Å². The molecule has 0 saturated heterocycles. The molecule has 2 heterocycles. The van der Waals surface area contributed by atoms with Crippen molar-refractivity contribution in [2.45, 2.75) is 26.4 Å². The van der Waals surface area contributed by atoms with Crippen LogP contribution in [0.25, 0.3) is 5.69 Å². The lowest BCUT2D eigenvalue weighted by Crippen LogP contribution is -2.20. The van der Waals surface area contributed by atoms with E-state index < -0.39 is 17.9 Å². The summed E-state index contributed by atoms with van der Waals surface area (Å²) >= 11 is 0. The summed E-state index contributed by atoms with van der Waals surface area (Å²) in [5, 5.41) is 9.68. The van der Waals surface area contributed by atoms with Gasteiger partial charge in [-0.15, -0.1) is 0 Å². The molecule has 10 heteroatoms. The number of nitrogens with zero attached hydrogens (tertiary/aromatic N) is 3. The lowest BCUT2D eigenvalue weighted by atomic mass is 10.1. The Labute approximate surface area is 199 Å². The number of amides is 2. The van der Waals surface area contributed by atoms with Crippen molar-refractivity contribution < 1.29 is 22.7 Å². The number of aryl methyl sites for hydroxylation is 2. The average molecular weight is 481 g/mol. The highest BCUT2D eigenvalue weighted by Crippen LogP contribution is 2.32. The lowest BCUT2D eigenvalue weighted by Gasteiger charge is -2.15. The molecular formula is C25H22F3N5O2. The van der Waals surface area contributed by atoms with Crippen LogP contribution in [0.4, 0.5) is 29.3 Å². The number of carbonyl (C=O) groups is 1. The number of carbonyl (C=O) groups excluding carboxylic acids is 1. The highest BCUT2D eigenvalue weighted by molar-refractivity contribution is 6.00. The Hall–Kier alpha value is -4.34. The number of aromatic nitrogens is 3. The van der Waals surface area contributed by atoms with Gasteiger partial charge in [0, 0.05) is 6.07 Å². The van der Waals surface area contributed by atoms with Crippen LogP contribution in [0, 0.1) is 6.92 Å². The number of anilines is 2. The summed E-state index contributed by atoms with van der Waals surface area (Å²) in [4.78, 5) is 15.8. The molecule has 4 rings (SSSR count). The number of benzene rings is 2. The van der Waals surface area contributed by atoms with Gasteiger partial charge in [-0.1, -0.05) is 37.3 Å². The molecule has 0 unspecified atom stereocenters. The zero-order valence-corrected chi connectivity index (χ0v) is 18.9. The van der Waals surface area contributed by atoms with Crippen molar-refractivity contribution in [1.29, 1.82) is 0 Å². The molecular weight excluding hydrogens is 459 g/mol. The van der Waals surface area contributed by atoms with Crippen molar-refractivity contribution in [2.75, 3.05) is 10.6 Å². The Morgan fingerprint density at radius 2 is 1.77 bits per heavy atom.